The van der Waals surface area contributed by atoms with Crippen LogP contribution in [0.3, 0.4) is 0 Å². The van der Waals surface area contributed by atoms with E-state index in [1.54, 1.807) is 23.1 Å². The van der Waals surface area contributed by atoms with Crippen molar-refractivity contribution in [3.05, 3.63) is 46.9 Å². The quantitative estimate of drug-likeness (QED) is 0.391. The predicted octanol–water partition coefficient (Wildman–Crippen LogP) is 5.41. The summed E-state index contributed by atoms with van der Waals surface area (Å²) < 4.78 is 36.5. The van der Waals surface area contributed by atoms with Gasteiger partial charge in [-0.2, -0.15) is 9.97 Å². The molecule has 2 aromatic carbocycles. The van der Waals surface area contributed by atoms with Crippen molar-refractivity contribution in [1.29, 1.82) is 0 Å². The van der Waals surface area contributed by atoms with Gasteiger partial charge >= 0.3 is 6.01 Å². The molecule has 1 amide bonds. The number of benzene rings is 2. The number of aryl methyl sites for hydroxylation is 1. The lowest BCUT2D eigenvalue weighted by molar-refractivity contribution is -0.117. The smallest absolute Gasteiger partial charge is 0.318 e. The van der Waals surface area contributed by atoms with Crippen LogP contribution >= 0.6 is 0 Å². The Hall–Kier alpha value is -3.57. The Morgan fingerprint density at radius 1 is 1.04 bits per heavy atom. The van der Waals surface area contributed by atoms with Crippen molar-refractivity contribution < 1.29 is 28.2 Å². The van der Waals surface area contributed by atoms with Gasteiger partial charge in [-0.25, -0.2) is 4.39 Å². The van der Waals surface area contributed by atoms with Crippen molar-refractivity contribution in [2.45, 2.75) is 64.0 Å². The van der Waals surface area contributed by atoms with E-state index in [9.17, 15) is 18.7 Å². The number of alkyl halides is 1. The highest BCUT2D eigenvalue weighted by molar-refractivity contribution is 6.16. The summed E-state index contributed by atoms with van der Waals surface area (Å²) in [7, 11) is 0.500. The minimum Gasteiger partial charge on any atom is -0.508 e. The third kappa shape index (κ3) is 4.99. The predicted molar refractivity (Wildman–Crippen MR) is 167 cm³/mol. The fourth-order valence-corrected chi connectivity index (χ4v) is 8.36. The maximum absolute atomic E-state index is 15.0. The highest BCUT2D eigenvalue weighted by atomic mass is 19.1. The van der Waals surface area contributed by atoms with Gasteiger partial charge in [-0.3, -0.25) is 14.1 Å². The number of piperidine rings is 1. The van der Waals surface area contributed by atoms with Crippen LogP contribution in [0.2, 0.25) is 0 Å². The number of ether oxygens (including phenoxy) is 2. The van der Waals surface area contributed by atoms with Crippen molar-refractivity contribution in [3.8, 4) is 11.8 Å². The molecule has 5 aliphatic heterocycles. The van der Waals surface area contributed by atoms with Gasteiger partial charge in [0.05, 0.1) is 43.9 Å². The Morgan fingerprint density at radius 3 is 2.51 bits per heavy atom. The zero-order valence-corrected chi connectivity index (χ0v) is 26.1. The average Bonchev–Trinajstić information content (AvgIpc) is 3.72. The molecule has 11 heteroatoms. The number of phenols is 1. The van der Waals surface area contributed by atoms with Gasteiger partial charge in [0, 0.05) is 30.0 Å². The third-order valence-corrected chi connectivity index (χ3v) is 10.5. The molecule has 5 aliphatic rings. The summed E-state index contributed by atoms with van der Waals surface area (Å²) in [5.41, 5.74) is 2.21. The van der Waals surface area contributed by atoms with Gasteiger partial charge in [0.15, 0.2) is 0 Å². The number of aromatic nitrogens is 2. The second-order valence-electron chi connectivity index (χ2n) is 13.2. The zero-order valence-electron chi connectivity index (χ0n) is 26.1. The largest absolute Gasteiger partial charge is 0.508 e. The van der Waals surface area contributed by atoms with Crippen LogP contribution < -0.4 is 14.5 Å². The van der Waals surface area contributed by atoms with Crippen LogP contribution in [0, 0.1) is 11.2 Å². The summed E-state index contributed by atoms with van der Waals surface area (Å²) >= 11 is 0. The molecule has 1 spiro atoms. The average molecular weight is 622 g/mol. The van der Waals surface area contributed by atoms with E-state index in [1.165, 1.54) is 18.9 Å². The Labute approximate surface area is 262 Å². The molecular formula is C34H41F2N5O4. The van der Waals surface area contributed by atoms with Crippen molar-refractivity contribution in [3.63, 3.8) is 0 Å². The normalized spacial score (nSPS) is 21.5. The molecule has 0 radical (unpaired) electrons. The van der Waals surface area contributed by atoms with Gasteiger partial charge in [0.25, 0.3) is 5.91 Å². The van der Waals surface area contributed by atoms with Crippen LogP contribution in [-0.4, -0.2) is 84.6 Å². The van der Waals surface area contributed by atoms with E-state index in [0.717, 1.165) is 65.1 Å². The van der Waals surface area contributed by atoms with Crippen LogP contribution in [0.5, 0.6) is 11.8 Å². The molecule has 0 saturated carbocycles. The number of hydrogen-bond donors (Lipinski definition) is 1. The number of aromatic hydroxyl groups is 1. The maximum Gasteiger partial charge on any atom is 0.318 e. The van der Waals surface area contributed by atoms with Gasteiger partial charge in [-0.1, -0.05) is 13.0 Å². The van der Waals surface area contributed by atoms with Gasteiger partial charge in [0.2, 0.25) is 0 Å². The van der Waals surface area contributed by atoms with Crippen molar-refractivity contribution >= 4 is 28.2 Å². The van der Waals surface area contributed by atoms with Gasteiger partial charge in [-0.15, -0.1) is 0 Å². The number of carbonyl (C=O) groups is 1. The fourth-order valence-electron chi connectivity index (χ4n) is 8.36. The topological polar surface area (TPSA) is 91.3 Å². The molecule has 3 aromatic rings. The lowest BCUT2D eigenvalue weighted by Crippen LogP contribution is -2.54. The maximum atomic E-state index is 15.0. The second-order valence-corrected chi connectivity index (χ2v) is 13.2. The Bertz CT molecular complexity index is 1620. The molecule has 4 fully saturated rings. The van der Waals surface area contributed by atoms with E-state index >= 15 is 0 Å². The standard InChI is InChI=1S/C33H38FN5O4.CH3F/c1-2-23-24(34)7-6-21-14-22(40)15-26(27(21)23)39-16-25-28(30(39)41)29(37-11-3-8-32(17-37)18-42-19-32)36-31(35-25)43-20-33-9-4-12-38(33)13-5-10-33;1-2/h6-7,14-15,40H,2-5,8-13,16-20H2,1H3;1H3. The number of nitrogens with zero attached hydrogens (tertiary/aromatic N) is 5. The van der Waals surface area contributed by atoms with E-state index in [1.807, 2.05) is 6.92 Å². The zero-order chi connectivity index (χ0) is 31.3. The monoisotopic (exact) mass is 621 g/mol. The number of amides is 1. The number of phenolic OH excluding ortho intramolecular Hbond substituents is 1. The number of carbonyl (C=O) groups excluding carboxylic acids is 1. The molecule has 0 unspecified atom stereocenters. The summed E-state index contributed by atoms with van der Waals surface area (Å²) in [6.45, 7) is 7.84. The number of anilines is 2. The van der Waals surface area contributed by atoms with E-state index in [-0.39, 0.29) is 35.0 Å². The van der Waals surface area contributed by atoms with Crippen LogP contribution in [0.15, 0.2) is 24.3 Å². The van der Waals surface area contributed by atoms with Gasteiger partial charge in [-0.05, 0) is 81.1 Å². The summed E-state index contributed by atoms with van der Waals surface area (Å²) in [6.07, 6.45) is 7.14. The number of halogens is 2. The molecule has 1 N–H and O–H groups in total. The molecule has 4 saturated heterocycles. The summed E-state index contributed by atoms with van der Waals surface area (Å²) in [6, 6.07) is 6.56. The van der Waals surface area contributed by atoms with Crippen LogP contribution in [0.25, 0.3) is 10.8 Å². The first-order chi connectivity index (χ1) is 21.9. The Kier molecular flexibility index (Phi) is 7.80. The molecule has 0 aliphatic carbocycles. The van der Waals surface area contributed by atoms with E-state index in [2.05, 4.69) is 9.80 Å². The lowest BCUT2D eigenvalue weighted by atomic mass is 9.78. The summed E-state index contributed by atoms with van der Waals surface area (Å²) in [5.74, 6) is 0.0682. The third-order valence-electron chi connectivity index (χ3n) is 10.5. The lowest BCUT2D eigenvalue weighted by Gasteiger charge is -2.48. The molecule has 8 rings (SSSR count). The summed E-state index contributed by atoms with van der Waals surface area (Å²) in [5, 5.41) is 12.0. The minimum atomic E-state index is -0.323. The van der Waals surface area contributed by atoms with Gasteiger partial charge < -0.3 is 24.4 Å². The fraction of sp³-hybridized carbons (Fsp3) is 0.559. The van der Waals surface area contributed by atoms with Gasteiger partial charge in [0.1, 0.15) is 29.6 Å². The number of fused-ring (bicyclic) bond motifs is 3. The second kappa shape index (κ2) is 11.7. The molecule has 240 valence electrons. The van der Waals surface area contributed by atoms with E-state index in [0.29, 0.717) is 65.3 Å². The number of rotatable bonds is 6. The Balaban J connectivity index is 0.00000160. The Morgan fingerprint density at radius 2 is 1.80 bits per heavy atom. The molecule has 0 atom stereocenters. The first-order valence-corrected chi connectivity index (χ1v) is 16.1. The van der Waals surface area contributed by atoms with Crippen molar-refractivity contribution in [1.82, 2.24) is 14.9 Å². The van der Waals surface area contributed by atoms with Crippen LogP contribution in [-0.2, 0) is 17.7 Å². The van der Waals surface area contributed by atoms with E-state index < -0.39 is 0 Å². The first-order valence-electron chi connectivity index (χ1n) is 16.1. The van der Waals surface area contributed by atoms with E-state index in [4.69, 9.17) is 19.4 Å². The SMILES string of the molecule is CCc1c(F)ccc2cc(O)cc(N3Cc4nc(OCC56CCCN5CCC6)nc(N5CCCC6(COC6)C5)c4C3=O)c12.CF. The molecular weight excluding hydrogens is 580 g/mol. The minimum absolute atomic E-state index is 0.0233. The highest BCUT2D eigenvalue weighted by Gasteiger charge is 2.47. The number of hydrogen-bond acceptors (Lipinski definition) is 8. The first kappa shape index (κ1) is 30.1. The molecule has 1 aromatic heterocycles. The molecule has 9 nitrogen and oxygen atoms in total. The summed E-state index contributed by atoms with van der Waals surface area (Å²) in [4.78, 5) is 30.5. The molecule has 0 bridgehead atoms. The highest BCUT2D eigenvalue weighted by Crippen LogP contribution is 2.44. The van der Waals surface area contributed by atoms with Crippen LogP contribution in [0.4, 0.5) is 20.3 Å². The van der Waals surface area contributed by atoms with Crippen molar-refractivity contribution in [2.75, 3.05) is 63.0 Å². The molecule has 45 heavy (non-hydrogen) atoms. The molecule has 6 heterocycles. The van der Waals surface area contributed by atoms with Crippen LogP contribution in [0.1, 0.15) is 67.1 Å². The van der Waals surface area contributed by atoms with Crippen molar-refractivity contribution in [2.24, 2.45) is 5.41 Å².